The molecule has 0 aliphatic heterocycles. The third-order valence-corrected chi connectivity index (χ3v) is 2.77. The number of hydrogen-bond donors (Lipinski definition) is 1. The van der Waals surface area contributed by atoms with Crippen LogP contribution < -0.4 is 5.32 Å². The van der Waals surface area contributed by atoms with Crippen molar-refractivity contribution in [1.82, 2.24) is 15.5 Å². The van der Waals surface area contributed by atoms with Crippen molar-refractivity contribution in [2.75, 3.05) is 7.05 Å². The van der Waals surface area contributed by atoms with E-state index in [4.69, 9.17) is 4.52 Å². The van der Waals surface area contributed by atoms with E-state index >= 15 is 0 Å². The maximum Gasteiger partial charge on any atom is 0.243 e. The first-order valence-corrected chi connectivity index (χ1v) is 5.74. The van der Waals surface area contributed by atoms with Crippen LogP contribution in [0.3, 0.4) is 0 Å². The lowest BCUT2D eigenvalue weighted by Gasteiger charge is -2.01. The fourth-order valence-corrected chi connectivity index (χ4v) is 1.53. The topological polar surface area (TPSA) is 51.0 Å². The van der Waals surface area contributed by atoms with Gasteiger partial charge in [0.15, 0.2) is 5.82 Å². The molecule has 0 amide bonds. The molecule has 0 aliphatic carbocycles. The average molecular weight is 231 g/mol. The van der Waals surface area contributed by atoms with Gasteiger partial charge >= 0.3 is 0 Å². The first-order valence-electron chi connectivity index (χ1n) is 5.74. The van der Waals surface area contributed by atoms with Crippen molar-refractivity contribution in [3.8, 4) is 0 Å². The van der Waals surface area contributed by atoms with Gasteiger partial charge in [0.2, 0.25) is 5.89 Å². The largest absolute Gasteiger partial charge is 0.338 e. The van der Waals surface area contributed by atoms with Crippen LogP contribution in [0.2, 0.25) is 0 Å². The van der Waals surface area contributed by atoms with Gasteiger partial charge in [-0.3, -0.25) is 0 Å². The van der Waals surface area contributed by atoms with Gasteiger partial charge in [-0.05, 0) is 26.5 Å². The molecule has 90 valence electrons. The molecule has 0 saturated carbocycles. The van der Waals surface area contributed by atoms with Gasteiger partial charge in [0.25, 0.3) is 0 Å². The molecule has 0 radical (unpaired) electrons. The van der Waals surface area contributed by atoms with E-state index in [0.29, 0.717) is 12.3 Å². The second-order valence-electron chi connectivity index (χ2n) is 4.22. The number of nitrogens with one attached hydrogen (secondary N) is 1. The molecule has 2 aromatic rings. The van der Waals surface area contributed by atoms with Crippen LogP contribution in [-0.2, 0) is 6.42 Å². The molecule has 0 saturated heterocycles. The summed E-state index contributed by atoms with van der Waals surface area (Å²) in [6, 6.07) is 8.45. The lowest BCUT2D eigenvalue weighted by molar-refractivity contribution is 0.344. The second kappa shape index (κ2) is 5.10. The Labute approximate surface area is 101 Å². The van der Waals surface area contributed by atoms with Crippen molar-refractivity contribution < 1.29 is 4.52 Å². The van der Waals surface area contributed by atoms with Gasteiger partial charge in [-0.25, -0.2) is 0 Å². The van der Waals surface area contributed by atoms with E-state index in [1.165, 1.54) is 11.1 Å². The quantitative estimate of drug-likeness (QED) is 0.876. The van der Waals surface area contributed by atoms with Crippen molar-refractivity contribution in [1.29, 1.82) is 0 Å². The van der Waals surface area contributed by atoms with E-state index in [9.17, 15) is 0 Å². The van der Waals surface area contributed by atoms with Crippen molar-refractivity contribution >= 4 is 0 Å². The molecule has 1 N–H and O–H groups in total. The highest BCUT2D eigenvalue weighted by Gasteiger charge is 2.12. The Morgan fingerprint density at radius 1 is 1.29 bits per heavy atom. The lowest BCUT2D eigenvalue weighted by atomic mass is 10.1. The smallest absolute Gasteiger partial charge is 0.243 e. The number of hydrogen-bond acceptors (Lipinski definition) is 4. The molecule has 1 unspecified atom stereocenters. The monoisotopic (exact) mass is 231 g/mol. The maximum atomic E-state index is 5.19. The predicted molar refractivity (Wildman–Crippen MR) is 65.8 cm³/mol. The summed E-state index contributed by atoms with van der Waals surface area (Å²) >= 11 is 0. The van der Waals surface area contributed by atoms with Gasteiger partial charge in [-0.15, -0.1) is 0 Å². The molecular weight excluding hydrogens is 214 g/mol. The van der Waals surface area contributed by atoms with Crippen LogP contribution in [-0.4, -0.2) is 17.2 Å². The van der Waals surface area contributed by atoms with Gasteiger partial charge in [-0.2, -0.15) is 4.98 Å². The Balaban J connectivity index is 2.08. The molecule has 4 nitrogen and oxygen atoms in total. The normalized spacial score (nSPS) is 12.6. The summed E-state index contributed by atoms with van der Waals surface area (Å²) in [6.45, 7) is 4.06. The van der Waals surface area contributed by atoms with Crippen LogP contribution in [0.25, 0.3) is 0 Å². The third-order valence-electron chi connectivity index (χ3n) is 2.77. The van der Waals surface area contributed by atoms with Gasteiger partial charge in [-0.1, -0.05) is 35.0 Å². The minimum Gasteiger partial charge on any atom is -0.338 e. The molecule has 1 atom stereocenters. The molecule has 0 spiro atoms. The Kier molecular flexibility index (Phi) is 3.54. The Bertz CT molecular complexity index is 476. The molecule has 0 aliphatic rings. The van der Waals surface area contributed by atoms with Crippen molar-refractivity contribution in [2.24, 2.45) is 0 Å². The molecule has 1 heterocycles. The van der Waals surface area contributed by atoms with E-state index in [1.54, 1.807) is 0 Å². The van der Waals surface area contributed by atoms with Crippen LogP contribution in [0.1, 0.15) is 35.8 Å². The average Bonchev–Trinajstić information content (AvgIpc) is 2.80. The molecule has 2 rings (SSSR count). The van der Waals surface area contributed by atoms with E-state index in [1.807, 2.05) is 14.0 Å². The predicted octanol–water partition coefficient (Wildman–Crippen LogP) is 2.25. The van der Waals surface area contributed by atoms with E-state index < -0.39 is 0 Å². The summed E-state index contributed by atoms with van der Waals surface area (Å²) in [5.41, 5.74) is 2.45. The molecule has 1 aromatic heterocycles. The van der Waals surface area contributed by atoms with Crippen LogP contribution >= 0.6 is 0 Å². The van der Waals surface area contributed by atoms with Gasteiger partial charge in [0.05, 0.1) is 6.04 Å². The van der Waals surface area contributed by atoms with Crippen molar-refractivity contribution in [3.63, 3.8) is 0 Å². The van der Waals surface area contributed by atoms with Gasteiger partial charge < -0.3 is 9.84 Å². The van der Waals surface area contributed by atoms with Gasteiger partial charge in [0.1, 0.15) is 0 Å². The highest BCUT2D eigenvalue weighted by molar-refractivity contribution is 5.23. The fourth-order valence-electron chi connectivity index (χ4n) is 1.53. The number of rotatable bonds is 4. The standard InChI is InChI=1S/C13H17N3O/c1-9-4-6-11(7-5-9)8-12-15-13(17-16-12)10(2)14-3/h4-7,10,14H,8H2,1-3H3. The Morgan fingerprint density at radius 2 is 2.00 bits per heavy atom. The third kappa shape index (κ3) is 2.91. The minimum atomic E-state index is 0.0919. The highest BCUT2D eigenvalue weighted by Crippen LogP contribution is 2.12. The highest BCUT2D eigenvalue weighted by atomic mass is 16.5. The lowest BCUT2D eigenvalue weighted by Crippen LogP contribution is -2.12. The molecule has 0 bridgehead atoms. The number of nitrogens with zero attached hydrogens (tertiary/aromatic N) is 2. The van der Waals surface area contributed by atoms with E-state index in [0.717, 1.165) is 5.82 Å². The van der Waals surface area contributed by atoms with Crippen molar-refractivity contribution in [3.05, 3.63) is 47.1 Å². The van der Waals surface area contributed by atoms with Crippen molar-refractivity contribution in [2.45, 2.75) is 26.3 Å². The number of aryl methyl sites for hydroxylation is 1. The number of benzene rings is 1. The van der Waals surface area contributed by atoms with Crippen LogP contribution in [0.15, 0.2) is 28.8 Å². The zero-order valence-corrected chi connectivity index (χ0v) is 10.4. The summed E-state index contributed by atoms with van der Waals surface area (Å²) in [5, 5.41) is 7.05. The van der Waals surface area contributed by atoms with Crippen LogP contribution in [0.5, 0.6) is 0 Å². The van der Waals surface area contributed by atoms with E-state index in [2.05, 4.69) is 46.6 Å². The number of aromatic nitrogens is 2. The first kappa shape index (κ1) is 11.8. The SMILES string of the molecule is CNC(C)c1nc(Cc2ccc(C)cc2)no1. The van der Waals surface area contributed by atoms with E-state index in [-0.39, 0.29) is 6.04 Å². The zero-order chi connectivity index (χ0) is 12.3. The molecule has 17 heavy (non-hydrogen) atoms. The molecule has 4 heteroatoms. The second-order valence-corrected chi connectivity index (χ2v) is 4.22. The van der Waals surface area contributed by atoms with Crippen LogP contribution in [0, 0.1) is 6.92 Å². The summed E-state index contributed by atoms with van der Waals surface area (Å²) in [4.78, 5) is 4.36. The maximum absolute atomic E-state index is 5.19. The summed E-state index contributed by atoms with van der Waals surface area (Å²) in [7, 11) is 1.87. The summed E-state index contributed by atoms with van der Waals surface area (Å²) in [5.74, 6) is 1.36. The van der Waals surface area contributed by atoms with Gasteiger partial charge in [0, 0.05) is 6.42 Å². The molecule has 0 fully saturated rings. The minimum absolute atomic E-state index is 0.0919. The molecule has 1 aromatic carbocycles. The molecular formula is C13H17N3O. The fraction of sp³-hybridized carbons (Fsp3) is 0.385. The Hall–Kier alpha value is -1.68. The zero-order valence-electron chi connectivity index (χ0n) is 10.4. The first-order chi connectivity index (χ1) is 8.19. The summed E-state index contributed by atoms with van der Waals surface area (Å²) < 4.78 is 5.19. The summed E-state index contributed by atoms with van der Waals surface area (Å²) in [6.07, 6.45) is 0.709. The van der Waals surface area contributed by atoms with Crippen LogP contribution in [0.4, 0.5) is 0 Å². The Morgan fingerprint density at radius 3 is 2.65 bits per heavy atom.